The zero-order valence-corrected chi connectivity index (χ0v) is 9.32. The molecule has 0 radical (unpaired) electrons. The van der Waals surface area contributed by atoms with Crippen LogP contribution in [0.3, 0.4) is 0 Å². The fourth-order valence-electron chi connectivity index (χ4n) is 2.99. The van der Waals surface area contributed by atoms with Crippen molar-refractivity contribution in [2.75, 3.05) is 5.32 Å². The SMILES string of the molecule is Oc1ccccc1NC1CC2CCC(C1)N2. The Labute approximate surface area is 95.9 Å². The molecule has 1 aromatic carbocycles. The fraction of sp³-hybridized carbons (Fsp3) is 0.538. The van der Waals surface area contributed by atoms with E-state index < -0.39 is 0 Å². The van der Waals surface area contributed by atoms with Gasteiger partial charge in [0.25, 0.3) is 0 Å². The van der Waals surface area contributed by atoms with E-state index in [2.05, 4.69) is 10.6 Å². The van der Waals surface area contributed by atoms with Crippen molar-refractivity contribution >= 4 is 5.69 Å². The first-order valence-corrected chi connectivity index (χ1v) is 6.12. The van der Waals surface area contributed by atoms with Crippen LogP contribution in [0.1, 0.15) is 25.7 Å². The quantitative estimate of drug-likeness (QED) is 0.666. The van der Waals surface area contributed by atoms with Crippen LogP contribution in [-0.4, -0.2) is 23.2 Å². The number of phenolic OH excluding ortho intramolecular Hbond substituents is 1. The fourth-order valence-corrected chi connectivity index (χ4v) is 2.99. The zero-order chi connectivity index (χ0) is 11.0. The molecule has 3 heteroatoms. The van der Waals surface area contributed by atoms with E-state index in [0.717, 1.165) is 5.69 Å². The molecule has 3 rings (SSSR count). The van der Waals surface area contributed by atoms with Gasteiger partial charge >= 0.3 is 0 Å². The average Bonchev–Trinajstić information content (AvgIpc) is 2.62. The van der Waals surface area contributed by atoms with Crippen LogP contribution in [0.4, 0.5) is 5.69 Å². The third kappa shape index (κ3) is 1.87. The maximum absolute atomic E-state index is 9.71. The minimum Gasteiger partial charge on any atom is -0.506 e. The number of phenols is 1. The predicted molar refractivity (Wildman–Crippen MR) is 64.7 cm³/mol. The molecule has 1 aromatic rings. The lowest BCUT2D eigenvalue weighted by Crippen LogP contribution is -2.43. The molecule has 0 aliphatic carbocycles. The first kappa shape index (κ1) is 9.97. The molecule has 0 aromatic heterocycles. The van der Waals surface area contributed by atoms with Crippen LogP contribution in [0.5, 0.6) is 5.75 Å². The Morgan fingerprint density at radius 1 is 1.12 bits per heavy atom. The number of para-hydroxylation sites is 2. The molecule has 0 saturated carbocycles. The second kappa shape index (κ2) is 3.98. The Morgan fingerprint density at radius 3 is 2.50 bits per heavy atom. The molecule has 2 fully saturated rings. The van der Waals surface area contributed by atoms with E-state index in [1.807, 2.05) is 18.2 Å². The Bertz CT molecular complexity index is 368. The molecule has 2 unspecified atom stereocenters. The first-order valence-electron chi connectivity index (χ1n) is 6.12. The monoisotopic (exact) mass is 218 g/mol. The van der Waals surface area contributed by atoms with Gasteiger partial charge in [0.05, 0.1) is 5.69 Å². The molecule has 2 saturated heterocycles. The molecule has 3 nitrogen and oxygen atoms in total. The lowest BCUT2D eigenvalue weighted by Gasteiger charge is -2.30. The highest BCUT2D eigenvalue weighted by Crippen LogP contribution is 2.30. The number of nitrogens with one attached hydrogen (secondary N) is 2. The van der Waals surface area contributed by atoms with Gasteiger partial charge in [-0.1, -0.05) is 12.1 Å². The summed E-state index contributed by atoms with van der Waals surface area (Å²) in [7, 11) is 0. The van der Waals surface area contributed by atoms with Crippen molar-refractivity contribution in [3.05, 3.63) is 24.3 Å². The summed E-state index contributed by atoms with van der Waals surface area (Å²) in [6, 6.07) is 9.36. The number of fused-ring (bicyclic) bond motifs is 2. The highest BCUT2D eigenvalue weighted by Gasteiger charge is 2.33. The molecule has 86 valence electrons. The van der Waals surface area contributed by atoms with Gasteiger partial charge in [-0.2, -0.15) is 0 Å². The van der Waals surface area contributed by atoms with Gasteiger partial charge in [0.1, 0.15) is 5.75 Å². The van der Waals surface area contributed by atoms with Crippen molar-refractivity contribution in [1.82, 2.24) is 5.32 Å². The molecule has 3 N–H and O–H groups in total. The van der Waals surface area contributed by atoms with Crippen LogP contribution < -0.4 is 10.6 Å². The summed E-state index contributed by atoms with van der Waals surface area (Å²) in [5.41, 5.74) is 0.869. The summed E-state index contributed by atoms with van der Waals surface area (Å²) in [6.07, 6.45) is 4.96. The number of anilines is 1. The summed E-state index contributed by atoms with van der Waals surface area (Å²) in [4.78, 5) is 0. The lowest BCUT2D eigenvalue weighted by molar-refractivity contribution is 0.377. The predicted octanol–water partition coefficient (Wildman–Crippen LogP) is 2.09. The zero-order valence-electron chi connectivity index (χ0n) is 9.32. The van der Waals surface area contributed by atoms with Crippen LogP contribution in [0.25, 0.3) is 0 Å². The summed E-state index contributed by atoms with van der Waals surface area (Å²) in [5.74, 6) is 0.355. The van der Waals surface area contributed by atoms with E-state index in [9.17, 15) is 5.11 Å². The minimum atomic E-state index is 0.355. The van der Waals surface area contributed by atoms with Crippen molar-refractivity contribution in [3.8, 4) is 5.75 Å². The van der Waals surface area contributed by atoms with Gasteiger partial charge < -0.3 is 15.7 Å². The number of piperidine rings is 1. The summed E-state index contributed by atoms with van der Waals surface area (Å²) in [5, 5.41) is 16.8. The summed E-state index contributed by atoms with van der Waals surface area (Å²) < 4.78 is 0. The highest BCUT2D eigenvalue weighted by atomic mass is 16.3. The molecular weight excluding hydrogens is 200 g/mol. The normalized spacial score (nSPS) is 32.6. The maximum atomic E-state index is 9.71. The van der Waals surface area contributed by atoms with E-state index >= 15 is 0 Å². The molecule has 2 bridgehead atoms. The lowest BCUT2D eigenvalue weighted by atomic mass is 9.99. The molecule has 0 amide bonds. The first-order chi connectivity index (χ1) is 7.81. The molecule has 2 aliphatic rings. The Kier molecular flexibility index (Phi) is 2.48. The summed E-state index contributed by atoms with van der Waals surface area (Å²) in [6.45, 7) is 0. The number of hydrogen-bond donors (Lipinski definition) is 3. The van der Waals surface area contributed by atoms with E-state index in [1.165, 1.54) is 25.7 Å². The molecule has 0 spiro atoms. The minimum absolute atomic E-state index is 0.355. The Hall–Kier alpha value is -1.22. The standard InChI is InChI=1S/C13H18N2O/c16-13-4-2-1-3-12(13)15-11-7-9-5-6-10(8-11)14-9/h1-4,9-11,14-16H,5-8H2. The molecular formula is C13H18N2O. The average molecular weight is 218 g/mol. The van der Waals surface area contributed by atoms with Crippen molar-refractivity contribution < 1.29 is 5.11 Å². The molecule has 16 heavy (non-hydrogen) atoms. The van der Waals surface area contributed by atoms with Crippen LogP contribution >= 0.6 is 0 Å². The Balaban J connectivity index is 1.69. The number of benzene rings is 1. The largest absolute Gasteiger partial charge is 0.506 e. The van der Waals surface area contributed by atoms with Crippen LogP contribution in [0.2, 0.25) is 0 Å². The van der Waals surface area contributed by atoms with Gasteiger partial charge in [-0.25, -0.2) is 0 Å². The molecule has 2 aliphatic heterocycles. The van der Waals surface area contributed by atoms with E-state index in [-0.39, 0.29) is 0 Å². The molecule has 2 atom stereocenters. The third-order valence-electron chi connectivity index (χ3n) is 3.74. The topological polar surface area (TPSA) is 44.3 Å². The van der Waals surface area contributed by atoms with Crippen LogP contribution in [0.15, 0.2) is 24.3 Å². The number of aromatic hydroxyl groups is 1. The van der Waals surface area contributed by atoms with Gasteiger partial charge in [0.2, 0.25) is 0 Å². The summed E-state index contributed by atoms with van der Waals surface area (Å²) >= 11 is 0. The van der Waals surface area contributed by atoms with Crippen molar-refractivity contribution in [3.63, 3.8) is 0 Å². The van der Waals surface area contributed by atoms with Gasteiger partial charge in [-0.3, -0.25) is 0 Å². The van der Waals surface area contributed by atoms with Gasteiger partial charge in [0, 0.05) is 18.1 Å². The third-order valence-corrected chi connectivity index (χ3v) is 3.74. The second-order valence-electron chi connectivity index (χ2n) is 4.97. The maximum Gasteiger partial charge on any atom is 0.138 e. The highest BCUT2D eigenvalue weighted by molar-refractivity contribution is 5.55. The van der Waals surface area contributed by atoms with E-state index in [4.69, 9.17) is 0 Å². The van der Waals surface area contributed by atoms with Crippen molar-refractivity contribution in [2.24, 2.45) is 0 Å². The Morgan fingerprint density at radius 2 is 1.81 bits per heavy atom. The number of rotatable bonds is 2. The smallest absolute Gasteiger partial charge is 0.138 e. The van der Waals surface area contributed by atoms with E-state index in [1.54, 1.807) is 6.07 Å². The van der Waals surface area contributed by atoms with E-state index in [0.29, 0.717) is 23.9 Å². The van der Waals surface area contributed by atoms with Gasteiger partial charge in [-0.15, -0.1) is 0 Å². The van der Waals surface area contributed by atoms with Crippen molar-refractivity contribution in [1.29, 1.82) is 0 Å². The molecule has 2 heterocycles. The van der Waals surface area contributed by atoms with Gasteiger partial charge in [-0.05, 0) is 37.8 Å². The van der Waals surface area contributed by atoms with Gasteiger partial charge in [0.15, 0.2) is 0 Å². The van der Waals surface area contributed by atoms with Crippen LogP contribution in [-0.2, 0) is 0 Å². The second-order valence-corrected chi connectivity index (χ2v) is 4.97. The van der Waals surface area contributed by atoms with Crippen molar-refractivity contribution in [2.45, 2.75) is 43.8 Å². The number of hydrogen-bond acceptors (Lipinski definition) is 3. The van der Waals surface area contributed by atoms with Crippen LogP contribution in [0, 0.1) is 0 Å².